The molecule has 0 saturated heterocycles. The zero-order valence-corrected chi connectivity index (χ0v) is 23.1. The van der Waals surface area contributed by atoms with Crippen LogP contribution in [0, 0.1) is 52.3 Å². The van der Waals surface area contributed by atoms with Crippen LogP contribution in [0.5, 0.6) is 0 Å². The van der Waals surface area contributed by atoms with E-state index in [0.717, 1.165) is 23.7 Å². The third-order valence-corrected chi connectivity index (χ3v) is 11.6. The molecule has 4 saturated carbocycles. The Kier molecular flexibility index (Phi) is 8.40. The van der Waals surface area contributed by atoms with Crippen molar-refractivity contribution in [1.29, 1.82) is 0 Å². The Hall–Kier alpha value is -0.600. The fraction of sp³-hybridized carbons (Fsp3) is 0.875. The normalized spacial score (nSPS) is 46.7. The number of fused-ring (bicyclic) bond motifs is 5. The summed E-state index contributed by atoms with van der Waals surface area (Å²) in [6.45, 7) is 22.0. The van der Waals surface area contributed by atoms with Crippen LogP contribution in [0.1, 0.15) is 98.8 Å². The fourth-order valence-corrected chi connectivity index (χ4v) is 9.84. The van der Waals surface area contributed by atoms with E-state index in [-0.39, 0.29) is 5.41 Å². The first-order chi connectivity index (χ1) is 16.3. The molecule has 34 heavy (non-hydrogen) atoms. The lowest BCUT2D eigenvalue weighted by Crippen LogP contribution is -2.63. The van der Waals surface area contributed by atoms with Crippen molar-refractivity contribution in [2.75, 3.05) is 13.2 Å². The molecule has 0 aliphatic heterocycles. The minimum Gasteiger partial charge on any atom is -0.374 e. The first-order valence-corrected chi connectivity index (χ1v) is 14.8. The third-order valence-electron chi connectivity index (χ3n) is 11.6. The summed E-state index contributed by atoms with van der Waals surface area (Å²) < 4.78 is 13.5. The third kappa shape index (κ3) is 4.49. The molecule has 0 spiro atoms. The first kappa shape index (κ1) is 26.5. The van der Waals surface area contributed by atoms with E-state index in [1.54, 1.807) is 0 Å². The van der Waals surface area contributed by atoms with Crippen molar-refractivity contribution in [2.45, 2.75) is 111 Å². The van der Waals surface area contributed by atoms with Crippen molar-refractivity contribution >= 4 is 0 Å². The van der Waals surface area contributed by atoms with E-state index in [4.69, 9.17) is 9.47 Å². The van der Waals surface area contributed by atoms with Gasteiger partial charge in [-0.2, -0.15) is 0 Å². The summed E-state index contributed by atoms with van der Waals surface area (Å²) in [4.78, 5) is 0. The SMILES string of the molecule is C=CCO[C@H]1C[C@H]2[C@@H]([C@H](OCC=C)C[C@@H]3C[C@H](C)CC[C@@]32C)[C@@H]2CC[C@H]([C@@H](C)CCCC)[C@@]12C. The largest absolute Gasteiger partial charge is 0.374 e. The average Bonchev–Trinajstić information content (AvgIpc) is 3.18. The van der Waals surface area contributed by atoms with Crippen molar-refractivity contribution in [3.05, 3.63) is 25.3 Å². The van der Waals surface area contributed by atoms with Crippen LogP contribution >= 0.6 is 0 Å². The highest BCUT2D eigenvalue weighted by Gasteiger charge is 2.66. The summed E-state index contributed by atoms with van der Waals surface area (Å²) in [5, 5.41) is 0. The second-order valence-corrected chi connectivity index (χ2v) is 13.3. The molecule has 0 N–H and O–H groups in total. The minimum atomic E-state index is 0.248. The molecule has 0 unspecified atom stereocenters. The van der Waals surface area contributed by atoms with Gasteiger partial charge in [0.05, 0.1) is 25.4 Å². The van der Waals surface area contributed by atoms with Crippen LogP contribution in [0.15, 0.2) is 25.3 Å². The summed E-state index contributed by atoms with van der Waals surface area (Å²) in [7, 11) is 0. The van der Waals surface area contributed by atoms with Gasteiger partial charge in [0, 0.05) is 5.41 Å². The van der Waals surface area contributed by atoms with Crippen molar-refractivity contribution in [3.8, 4) is 0 Å². The summed E-state index contributed by atoms with van der Waals surface area (Å²) in [6.07, 6.45) is 18.1. The van der Waals surface area contributed by atoms with Gasteiger partial charge >= 0.3 is 0 Å². The highest BCUT2D eigenvalue weighted by atomic mass is 16.5. The zero-order chi connectivity index (χ0) is 24.5. The van der Waals surface area contributed by atoms with E-state index < -0.39 is 0 Å². The van der Waals surface area contributed by atoms with E-state index >= 15 is 0 Å². The fourth-order valence-electron chi connectivity index (χ4n) is 9.84. The summed E-state index contributed by atoms with van der Waals surface area (Å²) in [5.74, 6) is 5.27. The molecule has 4 rings (SSSR count). The maximum absolute atomic E-state index is 6.77. The van der Waals surface area contributed by atoms with Gasteiger partial charge in [0.15, 0.2) is 0 Å². The quantitative estimate of drug-likeness (QED) is 0.298. The maximum Gasteiger partial charge on any atom is 0.0648 e. The molecule has 4 aliphatic carbocycles. The van der Waals surface area contributed by atoms with Crippen LogP contribution in [0.25, 0.3) is 0 Å². The number of ether oxygens (including phenoxy) is 2. The van der Waals surface area contributed by atoms with Crippen molar-refractivity contribution in [3.63, 3.8) is 0 Å². The van der Waals surface area contributed by atoms with E-state index in [1.165, 1.54) is 64.2 Å². The molecule has 0 amide bonds. The minimum absolute atomic E-state index is 0.248. The molecule has 0 aromatic carbocycles. The van der Waals surface area contributed by atoms with Gasteiger partial charge in [0.25, 0.3) is 0 Å². The Balaban J connectivity index is 1.71. The van der Waals surface area contributed by atoms with Gasteiger partial charge in [0.2, 0.25) is 0 Å². The standard InChI is InChI=1S/C32H54O2/c1-8-11-12-23(5)25-13-14-26-30-27(21-29(32(25,26)7)34-18-10-3)31(6)16-15-22(4)19-24(31)20-28(30)33-17-9-2/h9-10,22-30H,2-3,8,11-21H2,1,4-7H3/t22-,23+,24+,25-,26+,27+,28-,29+,30+,31+,32-/m1/s1. The molecule has 0 aromatic heterocycles. The number of unbranched alkanes of at least 4 members (excludes halogenated alkanes) is 1. The lowest BCUT2D eigenvalue weighted by Gasteiger charge is -2.64. The Morgan fingerprint density at radius 1 is 0.971 bits per heavy atom. The molecule has 11 atom stereocenters. The van der Waals surface area contributed by atoms with Crippen molar-refractivity contribution in [2.24, 2.45) is 52.3 Å². The highest BCUT2D eigenvalue weighted by Crippen LogP contribution is 2.69. The molecule has 4 aliphatic rings. The molecule has 2 heteroatoms. The molecule has 0 aromatic rings. The molecular formula is C32H54O2. The second-order valence-electron chi connectivity index (χ2n) is 13.3. The summed E-state index contributed by atoms with van der Waals surface area (Å²) in [6, 6.07) is 0. The predicted octanol–water partition coefficient (Wildman–Crippen LogP) is 8.47. The van der Waals surface area contributed by atoms with Gasteiger partial charge in [-0.1, -0.05) is 72.5 Å². The second kappa shape index (κ2) is 10.8. The van der Waals surface area contributed by atoms with Gasteiger partial charge in [-0.05, 0) is 85.4 Å². The van der Waals surface area contributed by atoms with E-state index in [1.807, 2.05) is 12.2 Å². The Labute approximate surface area is 211 Å². The average molecular weight is 471 g/mol. The lowest BCUT2D eigenvalue weighted by atomic mass is 9.42. The number of rotatable bonds is 10. The molecule has 194 valence electrons. The highest BCUT2D eigenvalue weighted by molar-refractivity contribution is 5.15. The van der Waals surface area contributed by atoms with E-state index in [9.17, 15) is 0 Å². The predicted molar refractivity (Wildman–Crippen MR) is 144 cm³/mol. The molecule has 0 heterocycles. The first-order valence-electron chi connectivity index (χ1n) is 14.8. The van der Waals surface area contributed by atoms with Crippen LogP contribution in [-0.4, -0.2) is 25.4 Å². The topological polar surface area (TPSA) is 18.5 Å². The van der Waals surface area contributed by atoms with Gasteiger partial charge in [-0.15, -0.1) is 13.2 Å². The van der Waals surface area contributed by atoms with Crippen LogP contribution in [0.2, 0.25) is 0 Å². The van der Waals surface area contributed by atoms with Gasteiger partial charge in [-0.25, -0.2) is 0 Å². The smallest absolute Gasteiger partial charge is 0.0648 e. The Morgan fingerprint density at radius 3 is 2.41 bits per heavy atom. The van der Waals surface area contributed by atoms with Crippen LogP contribution in [-0.2, 0) is 9.47 Å². The Morgan fingerprint density at radius 2 is 1.71 bits per heavy atom. The molecular weight excluding hydrogens is 416 g/mol. The van der Waals surface area contributed by atoms with Crippen LogP contribution in [0.4, 0.5) is 0 Å². The van der Waals surface area contributed by atoms with Crippen molar-refractivity contribution in [1.82, 2.24) is 0 Å². The van der Waals surface area contributed by atoms with Gasteiger partial charge in [0.1, 0.15) is 0 Å². The van der Waals surface area contributed by atoms with Crippen molar-refractivity contribution < 1.29 is 9.47 Å². The molecule has 4 fully saturated rings. The zero-order valence-electron chi connectivity index (χ0n) is 23.1. The van der Waals surface area contributed by atoms with Gasteiger partial charge in [-0.3, -0.25) is 0 Å². The summed E-state index contributed by atoms with van der Waals surface area (Å²) >= 11 is 0. The molecule has 0 radical (unpaired) electrons. The van der Waals surface area contributed by atoms with E-state index in [2.05, 4.69) is 47.8 Å². The molecule has 0 bridgehead atoms. The lowest BCUT2D eigenvalue weighted by molar-refractivity contribution is -0.220. The summed E-state index contributed by atoms with van der Waals surface area (Å²) in [5.41, 5.74) is 0.687. The van der Waals surface area contributed by atoms with Crippen LogP contribution < -0.4 is 0 Å². The number of hydrogen-bond donors (Lipinski definition) is 0. The molecule has 2 nitrogen and oxygen atoms in total. The van der Waals surface area contributed by atoms with Crippen LogP contribution in [0.3, 0.4) is 0 Å². The number of hydrogen-bond acceptors (Lipinski definition) is 2. The maximum atomic E-state index is 6.77. The van der Waals surface area contributed by atoms with Gasteiger partial charge < -0.3 is 9.47 Å². The monoisotopic (exact) mass is 470 g/mol. The Bertz CT molecular complexity index is 701. The van der Waals surface area contributed by atoms with E-state index in [0.29, 0.717) is 48.6 Å².